The van der Waals surface area contributed by atoms with Gasteiger partial charge in [0, 0.05) is 0 Å². The number of nitrogens with zero attached hydrogens (tertiary/aromatic N) is 4. The summed E-state index contributed by atoms with van der Waals surface area (Å²) in [6, 6.07) is 10.2. The summed E-state index contributed by atoms with van der Waals surface area (Å²) >= 11 is 0. The maximum Gasteiger partial charge on any atom is 0.164 e. The number of imidazole rings is 1. The van der Waals surface area contributed by atoms with Crippen LogP contribution >= 0.6 is 0 Å². The molecule has 0 aliphatic rings. The number of rotatable bonds is 2. The molecule has 4 heteroatoms. The maximum atomic E-state index is 4.39. The van der Waals surface area contributed by atoms with E-state index in [2.05, 4.69) is 33.3 Å². The van der Waals surface area contributed by atoms with E-state index < -0.39 is 0 Å². The van der Waals surface area contributed by atoms with Crippen LogP contribution < -0.4 is 0 Å². The van der Waals surface area contributed by atoms with E-state index in [-0.39, 0.29) is 0 Å². The lowest BCUT2D eigenvalue weighted by Gasteiger charge is -2.03. The van der Waals surface area contributed by atoms with Gasteiger partial charge in [-0.25, -0.2) is 15.0 Å². The van der Waals surface area contributed by atoms with Crippen LogP contribution in [0.1, 0.15) is 11.4 Å². The average Bonchev–Trinajstić information content (AvgIpc) is 2.73. The van der Waals surface area contributed by atoms with Crippen LogP contribution in [0, 0.1) is 13.1 Å². The standard InChI is InChI=1S/C13H11N4/c1-10-14-7-12-13(16-10)17(9-15-12)8-11-5-3-2-4-6-11/h2-6,9H,8H2,1H3. The lowest BCUT2D eigenvalue weighted by atomic mass is 10.2. The molecule has 1 radical (unpaired) electrons. The summed E-state index contributed by atoms with van der Waals surface area (Å²) in [4.78, 5) is 12.6. The van der Waals surface area contributed by atoms with Crippen molar-refractivity contribution in [1.29, 1.82) is 0 Å². The summed E-state index contributed by atoms with van der Waals surface area (Å²) < 4.78 is 2.01. The van der Waals surface area contributed by atoms with E-state index in [1.807, 2.05) is 29.7 Å². The van der Waals surface area contributed by atoms with Gasteiger partial charge < -0.3 is 4.57 Å². The highest BCUT2D eigenvalue weighted by Crippen LogP contribution is 2.11. The van der Waals surface area contributed by atoms with Crippen LogP contribution in [-0.2, 0) is 6.54 Å². The van der Waals surface area contributed by atoms with E-state index in [0.29, 0.717) is 11.3 Å². The Bertz CT molecular complexity index is 643. The van der Waals surface area contributed by atoms with Crippen LogP contribution in [0.4, 0.5) is 0 Å². The average molecular weight is 223 g/mol. The lowest BCUT2D eigenvalue weighted by Crippen LogP contribution is -2.00. The molecule has 3 aromatic rings. The molecule has 17 heavy (non-hydrogen) atoms. The minimum atomic E-state index is 0.714. The third-order valence-electron chi connectivity index (χ3n) is 2.60. The zero-order chi connectivity index (χ0) is 11.7. The Labute approximate surface area is 99.0 Å². The third kappa shape index (κ3) is 1.89. The number of fused-ring (bicyclic) bond motifs is 1. The SMILES string of the molecule is Cc1n[c]c2ncn(Cc3ccccc3)c2n1. The second-order valence-electron chi connectivity index (χ2n) is 3.91. The van der Waals surface area contributed by atoms with Gasteiger partial charge in [0.05, 0.1) is 12.9 Å². The Kier molecular flexibility index (Phi) is 2.33. The Morgan fingerprint density at radius 2 is 2.06 bits per heavy atom. The summed E-state index contributed by atoms with van der Waals surface area (Å²) in [5, 5.41) is 0. The topological polar surface area (TPSA) is 43.6 Å². The largest absolute Gasteiger partial charge is 0.311 e. The molecule has 0 saturated carbocycles. The van der Waals surface area contributed by atoms with Gasteiger partial charge in [-0.2, -0.15) is 0 Å². The summed E-state index contributed by atoms with van der Waals surface area (Å²) in [5.74, 6) is 0.715. The van der Waals surface area contributed by atoms with E-state index in [4.69, 9.17) is 0 Å². The van der Waals surface area contributed by atoms with Gasteiger partial charge in [-0.05, 0) is 12.5 Å². The number of hydrogen-bond acceptors (Lipinski definition) is 3. The van der Waals surface area contributed by atoms with Gasteiger partial charge in [-0.3, -0.25) is 0 Å². The van der Waals surface area contributed by atoms with Gasteiger partial charge in [0.1, 0.15) is 17.5 Å². The van der Waals surface area contributed by atoms with Crippen LogP contribution in [0.2, 0.25) is 0 Å². The summed E-state index contributed by atoms with van der Waals surface area (Å²) in [6.07, 6.45) is 4.66. The molecule has 1 aromatic carbocycles. The quantitative estimate of drug-likeness (QED) is 0.667. The van der Waals surface area contributed by atoms with E-state index in [9.17, 15) is 0 Å². The van der Waals surface area contributed by atoms with Gasteiger partial charge in [0.15, 0.2) is 5.65 Å². The second kappa shape index (κ2) is 3.97. The molecule has 4 nitrogen and oxygen atoms in total. The first-order valence-electron chi connectivity index (χ1n) is 5.44. The van der Waals surface area contributed by atoms with Gasteiger partial charge in [0.2, 0.25) is 0 Å². The molecule has 83 valence electrons. The van der Waals surface area contributed by atoms with Crippen LogP contribution in [-0.4, -0.2) is 19.5 Å². The normalized spacial score (nSPS) is 10.9. The fourth-order valence-corrected chi connectivity index (χ4v) is 1.78. The molecule has 0 aliphatic heterocycles. The predicted octanol–water partition coefficient (Wildman–Crippen LogP) is 1.98. The Balaban J connectivity index is 2.03. The molecule has 0 unspecified atom stereocenters. The molecule has 0 atom stereocenters. The van der Waals surface area contributed by atoms with E-state index in [1.165, 1.54) is 5.56 Å². The summed E-state index contributed by atoms with van der Waals surface area (Å²) in [7, 11) is 0. The zero-order valence-corrected chi connectivity index (χ0v) is 9.46. The summed E-state index contributed by atoms with van der Waals surface area (Å²) in [5.41, 5.74) is 2.77. The molecule has 2 heterocycles. The molecule has 0 N–H and O–H groups in total. The molecular weight excluding hydrogens is 212 g/mol. The molecule has 3 rings (SSSR count). The highest BCUT2D eigenvalue weighted by Gasteiger charge is 2.05. The van der Waals surface area contributed by atoms with Crippen molar-refractivity contribution >= 4 is 11.2 Å². The minimum Gasteiger partial charge on any atom is -0.311 e. The van der Waals surface area contributed by atoms with E-state index in [0.717, 1.165) is 12.2 Å². The smallest absolute Gasteiger partial charge is 0.164 e. The molecule has 0 bridgehead atoms. The van der Waals surface area contributed by atoms with Crippen molar-refractivity contribution in [3.8, 4) is 0 Å². The maximum absolute atomic E-state index is 4.39. The van der Waals surface area contributed by atoms with Crippen molar-refractivity contribution in [3.05, 3.63) is 54.2 Å². The Morgan fingerprint density at radius 1 is 1.24 bits per heavy atom. The third-order valence-corrected chi connectivity index (χ3v) is 2.60. The molecule has 2 aromatic heterocycles. The minimum absolute atomic E-state index is 0.714. The van der Waals surface area contributed by atoms with Crippen LogP contribution in [0.5, 0.6) is 0 Å². The van der Waals surface area contributed by atoms with Gasteiger partial charge in [-0.15, -0.1) is 0 Å². The Morgan fingerprint density at radius 3 is 2.88 bits per heavy atom. The van der Waals surface area contributed by atoms with Crippen LogP contribution in [0.3, 0.4) is 0 Å². The number of benzene rings is 1. The molecular formula is C13H11N4. The molecule has 0 spiro atoms. The predicted molar refractivity (Wildman–Crippen MR) is 64.4 cm³/mol. The molecule has 0 amide bonds. The van der Waals surface area contributed by atoms with Gasteiger partial charge >= 0.3 is 0 Å². The number of aromatic nitrogens is 4. The highest BCUT2D eigenvalue weighted by atomic mass is 15.1. The van der Waals surface area contributed by atoms with Crippen molar-refractivity contribution < 1.29 is 0 Å². The van der Waals surface area contributed by atoms with Crippen molar-refractivity contribution in [2.75, 3.05) is 0 Å². The first-order chi connectivity index (χ1) is 8.33. The van der Waals surface area contributed by atoms with E-state index in [1.54, 1.807) is 6.33 Å². The molecule has 0 fully saturated rings. The fraction of sp³-hybridized carbons (Fsp3) is 0.154. The molecule has 0 saturated heterocycles. The lowest BCUT2D eigenvalue weighted by molar-refractivity contribution is 0.810. The van der Waals surface area contributed by atoms with Crippen molar-refractivity contribution in [2.24, 2.45) is 0 Å². The fourth-order valence-electron chi connectivity index (χ4n) is 1.78. The van der Waals surface area contributed by atoms with Gasteiger partial charge in [-0.1, -0.05) is 30.3 Å². The van der Waals surface area contributed by atoms with Crippen molar-refractivity contribution in [1.82, 2.24) is 19.5 Å². The monoisotopic (exact) mass is 223 g/mol. The zero-order valence-electron chi connectivity index (χ0n) is 9.46. The van der Waals surface area contributed by atoms with E-state index >= 15 is 0 Å². The highest BCUT2D eigenvalue weighted by molar-refractivity contribution is 5.68. The Hall–Kier alpha value is -2.23. The van der Waals surface area contributed by atoms with Crippen molar-refractivity contribution in [3.63, 3.8) is 0 Å². The second-order valence-corrected chi connectivity index (χ2v) is 3.91. The number of aryl methyl sites for hydroxylation is 1. The van der Waals surface area contributed by atoms with Crippen molar-refractivity contribution in [2.45, 2.75) is 13.5 Å². The number of hydrogen-bond donors (Lipinski definition) is 0. The van der Waals surface area contributed by atoms with Crippen LogP contribution in [0.15, 0.2) is 36.7 Å². The first-order valence-corrected chi connectivity index (χ1v) is 5.44. The van der Waals surface area contributed by atoms with Gasteiger partial charge in [0.25, 0.3) is 0 Å². The first kappa shape index (κ1) is 9.96. The molecule has 0 aliphatic carbocycles. The summed E-state index contributed by atoms with van der Waals surface area (Å²) in [6.45, 7) is 2.62. The van der Waals surface area contributed by atoms with Crippen LogP contribution in [0.25, 0.3) is 11.2 Å².